The molecule has 0 aliphatic carbocycles. The summed E-state index contributed by atoms with van der Waals surface area (Å²) >= 11 is 0. The number of piperidine rings is 1. The van der Waals surface area contributed by atoms with E-state index in [-0.39, 0.29) is 5.82 Å². The molecule has 0 saturated carbocycles. The van der Waals surface area contributed by atoms with Crippen LogP contribution in [0.1, 0.15) is 18.4 Å². The molecular formula is C25H28FN7. The van der Waals surface area contributed by atoms with E-state index >= 15 is 0 Å². The first kappa shape index (κ1) is 20.5. The SMILES string of the molecule is Cc1cc2c(-c3cnn4cc(N5CCC(N6CCNCC6)CC5)cnc34)ccnc2cc1F. The van der Waals surface area contributed by atoms with E-state index in [0.29, 0.717) is 17.1 Å². The number of piperazine rings is 1. The quantitative estimate of drug-likeness (QED) is 0.522. The predicted molar refractivity (Wildman–Crippen MR) is 128 cm³/mol. The van der Waals surface area contributed by atoms with Gasteiger partial charge < -0.3 is 10.2 Å². The molecule has 1 aromatic carbocycles. The molecule has 2 fully saturated rings. The molecule has 0 atom stereocenters. The summed E-state index contributed by atoms with van der Waals surface area (Å²) in [6, 6.07) is 5.99. The van der Waals surface area contributed by atoms with Gasteiger partial charge in [0.15, 0.2) is 5.65 Å². The van der Waals surface area contributed by atoms with E-state index in [1.165, 1.54) is 18.9 Å². The van der Waals surface area contributed by atoms with Crippen LogP contribution in [0.4, 0.5) is 10.1 Å². The summed E-state index contributed by atoms with van der Waals surface area (Å²) in [5, 5.41) is 8.96. The average Bonchev–Trinajstić information content (AvgIpc) is 3.28. The number of rotatable bonds is 3. The van der Waals surface area contributed by atoms with Crippen LogP contribution in [-0.2, 0) is 0 Å². The Morgan fingerprint density at radius 3 is 2.64 bits per heavy atom. The maximum absolute atomic E-state index is 14.0. The highest BCUT2D eigenvalue weighted by molar-refractivity contribution is 5.98. The topological polar surface area (TPSA) is 61.6 Å². The van der Waals surface area contributed by atoms with Crippen LogP contribution in [0, 0.1) is 12.7 Å². The summed E-state index contributed by atoms with van der Waals surface area (Å²) in [5.74, 6) is -0.240. The number of nitrogens with zero attached hydrogens (tertiary/aromatic N) is 6. The van der Waals surface area contributed by atoms with Crippen molar-refractivity contribution in [1.29, 1.82) is 0 Å². The molecule has 33 heavy (non-hydrogen) atoms. The number of pyridine rings is 1. The van der Waals surface area contributed by atoms with Gasteiger partial charge in [0.1, 0.15) is 5.82 Å². The highest BCUT2D eigenvalue weighted by Gasteiger charge is 2.26. The lowest BCUT2D eigenvalue weighted by Crippen LogP contribution is -2.52. The standard InChI is InChI=1S/C25H28FN7/c1-17-12-21-20(2-5-28-24(21)13-23(17)26)22-15-30-33-16-19(14-29-25(22)33)31-8-3-18(4-9-31)32-10-6-27-7-11-32/h2,5,12-16,18,27H,3-4,6-11H2,1H3. The molecule has 2 saturated heterocycles. The summed E-state index contributed by atoms with van der Waals surface area (Å²) in [4.78, 5) is 14.2. The third-order valence-corrected chi connectivity index (χ3v) is 7.15. The lowest BCUT2D eigenvalue weighted by molar-refractivity contribution is 0.150. The highest BCUT2D eigenvalue weighted by Crippen LogP contribution is 2.32. The summed E-state index contributed by atoms with van der Waals surface area (Å²) in [5.41, 5.74) is 5.04. The van der Waals surface area contributed by atoms with Gasteiger partial charge in [-0.1, -0.05) is 0 Å². The smallest absolute Gasteiger partial charge is 0.162 e. The Morgan fingerprint density at radius 2 is 1.82 bits per heavy atom. The summed E-state index contributed by atoms with van der Waals surface area (Å²) < 4.78 is 15.9. The van der Waals surface area contributed by atoms with Gasteiger partial charge >= 0.3 is 0 Å². The summed E-state index contributed by atoms with van der Waals surface area (Å²) in [6.45, 7) is 8.37. The largest absolute Gasteiger partial charge is 0.369 e. The van der Waals surface area contributed by atoms with Crippen LogP contribution in [0.5, 0.6) is 0 Å². The van der Waals surface area contributed by atoms with E-state index in [0.717, 1.165) is 67.1 Å². The minimum absolute atomic E-state index is 0.240. The predicted octanol–water partition coefficient (Wildman–Crippen LogP) is 3.27. The molecule has 0 spiro atoms. The maximum Gasteiger partial charge on any atom is 0.162 e. The normalized spacial score (nSPS) is 18.4. The second-order valence-corrected chi connectivity index (χ2v) is 9.12. The van der Waals surface area contributed by atoms with E-state index in [2.05, 4.69) is 31.4 Å². The Hall–Kier alpha value is -3.10. The van der Waals surface area contributed by atoms with Gasteiger partial charge in [-0.05, 0) is 43.0 Å². The van der Waals surface area contributed by atoms with E-state index in [1.54, 1.807) is 13.1 Å². The first-order valence-corrected chi connectivity index (χ1v) is 11.8. The molecule has 5 heterocycles. The minimum Gasteiger partial charge on any atom is -0.369 e. The minimum atomic E-state index is -0.240. The van der Waals surface area contributed by atoms with E-state index in [1.807, 2.05) is 29.0 Å². The van der Waals surface area contributed by atoms with Crippen molar-refractivity contribution in [1.82, 2.24) is 29.8 Å². The number of halogens is 1. The molecule has 3 aromatic heterocycles. The van der Waals surface area contributed by atoms with Crippen molar-refractivity contribution in [2.45, 2.75) is 25.8 Å². The van der Waals surface area contributed by atoms with Crippen molar-refractivity contribution in [3.05, 3.63) is 54.4 Å². The number of aromatic nitrogens is 4. The Kier molecular flexibility index (Phi) is 5.19. The zero-order valence-electron chi connectivity index (χ0n) is 18.8. The molecule has 7 nitrogen and oxygen atoms in total. The molecule has 0 bridgehead atoms. The molecule has 0 radical (unpaired) electrons. The Bertz CT molecular complexity index is 1300. The van der Waals surface area contributed by atoms with E-state index in [4.69, 9.17) is 4.98 Å². The number of benzene rings is 1. The summed E-state index contributed by atoms with van der Waals surface area (Å²) in [6.07, 6.45) is 9.96. The summed E-state index contributed by atoms with van der Waals surface area (Å²) in [7, 11) is 0. The molecule has 2 aliphatic rings. The number of aryl methyl sites for hydroxylation is 1. The van der Waals surface area contributed by atoms with Crippen molar-refractivity contribution < 1.29 is 4.39 Å². The molecule has 1 N–H and O–H groups in total. The van der Waals surface area contributed by atoms with Gasteiger partial charge in [0.05, 0.1) is 29.8 Å². The van der Waals surface area contributed by atoms with Crippen LogP contribution in [0.3, 0.4) is 0 Å². The van der Waals surface area contributed by atoms with Crippen LogP contribution < -0.4 is 10.2 Å². The fraction of sp³-hybridized carbons (Fsp3) is 0.400. The molecular weight excluding hydrogens is 417 g/mol. The van der Waals surface area contributed by atoms with Crippen LogP contribution >= 0.6 is 0 Å². The van der Waals surface area contributed by atoms with Crippen LogP contribution in [-0.4, -0.2) is 69.8 Å². The molecule has 0 unspecified atom stereocenters. The first-order valence-electron chi connectivity index (χ1n) is 11.8. The van der Waals surface area contributed by atoms with Crippen LogP contribution in [0.2, 0.25) is 0 Å². The number of hydrogen-bond donors (Lipinski definition) is 1. The molecule has 0 amide bonds. The number of nitrogens with one attached hydrogen (secondary N) is 1. The van der Waals surface area contributed by atoms with Gasteiger partial charge in [-0.15, -0.1) is 0 Å². The fourth-order valence-corrected chi connectivity index (χ4v) is 5.26. The Labute approximate surface area is 192 Å². The highest BCUT2D eigenvalue weighted by atomic mass is 19.1. The zero-order chi connectivity index (χ0) is 22.4. The lowest BCUT2D eigenvalue weighted by Gasteiger charge is -2.40. The van der Waals surface area contributed by atoms with Gasteiger partial charge in [0, 0.05) is 68.5 Å². The van der Waals surface area contributed by atoms with Gasteiger partial charge in [0.25, 0.3) is 0 Å². The molecule has 2 aliphatic heterocycles. The van der Waals surface area contributed by atoms with Gasteiger partial charge in [0.2, 0.25) is 0 Å². The van der Waals surface area contributed by atoms with Crippen molar-refractivity contribution in [3.8, 4) is 11.1 Å². The van der Waals surface area contributed by atoms with E-state index < -0.39 is 0 Å². The molecule has 6 rings (SSSR count). The first-order chi connectivity index (χ1) is 16.2. The number of fused-ring (bicyclic) bond motifs is 2. The monoisotopic (exact) mass is 445 g/mol. The molecule has 170 valence electrons. The van der Waals surface area contributed by atoms with Crippen LogP contribution in [0.25, 0.3) is 27.7 Å². The van der Waals surface area contributed by atoms with Crippen molar-refractivity contribution in [3.63, 3.8) is 0 Å². The second-order valence-electron chi connectivity index (χ2n) is 9.12. The van der Waals surface area contributed by atoms with Crippen molar-refractivity contribution in [2.75, 3.05) is 44.2 Å². The molecule has 4 aromatic rings. The second kappa shape index (κ2) is 8.35. The van der Waals surface area contributed by atoms with Crippen molar-refractivity contribution >= 4 is 22.2 Å². The number of anilines is 1. The van der Waals surface area contributed by atoms with Crippen molar-refractivity contribution in [2.24, 2.45) is 0 Å². The Morgan fingerprint density at radius 1 is 1.00 bits per heavy atom. The van der Waals surface area contributed by atoms with Gasteiger partial charge in [-0.3, -0.25) is 9.88 Å². The average molecular weight is 446 g/mol. The maximum atomic E-state index is 14.0. The lowest BCUT2D eigenvalue weighted by atomic mass is 10.0. The number of hydrogen-bond acceptors (Lipinski definition) is 6. The van der Waals surface area contributed by atoms with Gasteiger partial charge in [-0.25, -0.2) is 13.9 Å². The van der Waals surface area contributed by atoms with E-state index in [9.17, 15) is 4.39 Å². The van der Waals surface area contributed by atoms with Gasteiger partial charge in [-0.2, -0.15) is 5.10 Å². The Balaban J connectivity index is 1.27. The fourth-order valence-electron chi connectivity index (χ4n) is 5.26. The zero-order valence-corrected chi connectivity index (χ0v) is 18.8. The van der Waals surface area contributed by atoms with Crippen LogP contribution in [0.15, 0.2) is 43.0 Å². The molecule has 8 heteroatoms. The third-order valence-electron chi connectivity index (χ3n) is 7.15. The third kappa shape index (κ3) is 3.73.